The number of furan rings is 1. The smallest absolute Gasteiger partial charge is 0.137 e. The van der Waals surface area contributed by atoms with Crippen LogP contribution in [0.1, 0.15) is 36.7 Å². The van der Waals surface area contributed by atoms with Gasteiger partial charge in [-0.05, 0) is 37.1 Å². The van der Waals surface area contributed by atoms with Gasteiger partial charge in [0.1, 0.15) is 17.4 Å². The summed E-state index contributed by atoms with van der Waals surface area (Å²) in [5, 5.41) is 11.8. The number of hydrogen-bond donors (Lipinski definition) is 1. The SMILES string of the molecule is Cc1cccc2cc(C(O)C3CCCCS3)oc12. The Labute approximate surface area is 111 Å². The predicted octanol–water partition coefficient (Wildman–Crippen LogP) is 4.06. The molecule has 2 heterocycles. The summed E-state index contributed by atoms with van der Waals surface area (Å²) in [4.78, 5) is 0. The summed E-state index contributed by atoms with van der Waals surface area (Å²) in [6, 6.07) is 8.09. The molecule has 1 fully saturated rings. The number of hydrogen-bond acceptors (Lipinski definition) is 3. The summed E-state index contributed by atoms with van der Waals surface area (Å²) in [6.45, 7) is 2.04. The number of aliphatic hydroxyl groups excluding tert-OH is 1. The normalized spacial score (nSPS) is 22.2. The molecule has 1 aromatic carbocycles. The van der Waals surface area contributed by atoms with Crippen molar-refractivity contribution in [3.8, 4) is 0 Å². The van der Waals surface area contributed by atoms with E-state index < -0.39 is 6.10 Å². The third-order valence-corrected chi connectivity index (χ3v) is 5.06. The summed E-state index contributed by atoms with van der Waals surface area (Å²) in [5.74, 6) is 1.87. The second kappa shape index (κ2) is 4.98. The minimum atomic E-state index is -0.470. The quantitative estimate of drug-likeness (QED) is 0.886. The third-order valence-electron chi connectivity index (χ3n) is 3.62. The number of benzene rings is 1. The number of fused-ring (bicyclic) bond motifs is 1. The van der Waals surface area contributed by atoms with Crippen molar-refractivity contribution in [3.05, 3.63) is 35.6 Å². The fourth-order valence-corrected chi connectivity index (χ4v) is 3.90. The lowest BCUT2D eigenvalue weighted by Crippen LogP contribution is -2.18. The van der Waals surface area contributed by atoms with Gasteiger partial charge in [-0.2, -0.15) is 11.8 Å². The van der Waals surface area contributed by atoms with E-state index in [1.807, 2.05) is 43.0 Å². The Hall–Kier alpha value is -0.930. The molecule has 1 aliphatic heterocycles. The number of aryl methyl sites for hydroxylation is 1. The summed E-state index contributed by atoms with van der Waals surface area (Å²) in [6.07, 6.45) is 3.10. The number of thioether (sulfide) groups is 1. The zero-order valence-electron chi connectivity index (χ0n) is 10.6. The molecule has 2 nitrogen and oxygen atoms in total. The lowest BCUT2D eigenvalue weighted by Gasteiger charge is -2.24. The van der Waals surface area contributed by atoms with Gasteiger partial charge in [-0.1, -0.05) is 24.6 Å². The summed E-state index contributed by atoms with van der Waals surface area (Å²) in [5.41, 5.74) is 2.04. The fraction of sp³-hybridized carbons (Fsp3) is 0.467. The third kappa shape index (κ3) is 2.17. The highest BCUT2D eigenvalue weighted by atomic mass is 32.2. The molecule has 3 rings (SSSR count). The van der Waals surface area contributed by atoms with Gasteiger partial charge in [-0.25, -0.2) is 0 Å². The zero-order valence-corrected chi connectivity index (χ0v) is 11.4. The highest BCUT2D eigenvalue weighted by molar-refractivity contribution is 7.99. The largest absolute Gasteiger partial charge is 0.458 e. The number of para-hydroxylation sites is 1. The maximum absolute atomic E-state index is 10.4. The molecule has 0 bridgehead atoms. The van der Waals surface area contributed by atoms with Gasteiger partial charge in [0.15, 0.2) is 0 Å². The van der Waals surface area contributed by atoms with Crippen LogP contribution in [0, 0.1) is 6.92 Å². The Morgan fingerprint density at radius 2 is 2.28 bits per heavy atom. The van der Waals surface area contributed by atoms with Crippen LogP contribution in [0.15, 0.2) is 28.7 Å². The summed E-state index contributed by atoms with van der Waals surface area (Å²) in [7, 11) is 0. The van der Waals surface area contributed by atoms with Crippen molar-refractivity contribution in [1.82, 2.24) is 0 Å². The van der Waals surface area contributed by atoms with Gasteiger partial charge in [0.05, 0.1) is 0 Å². The molecular weight excluding hydrogens is 244 g/mol. The minimum absolute atomic E-state index is 0.291. The molecule has 2 atom stereocenters. The van der Waals surface area contributed by atoms with E-state index in [-0.39, 0.29) is 0 Å². The summed E-state index contributed by atoms with van der Waals surface area (Å²) < 4.78 is 5.85. The van der Waals surface area contributed by atoms with Crippen LogP contribution in [0.4, 0.5) is 0 Å². The van der Waals surface area contributed by atoms with E-state index in [0.29, 0.717) is 5.25 Å². The summed E-state index contributed by atoms with van der Waals surface area (Å²) >= 11 is 1.87. The molecule has 1 saturated heterocycles. The van der Waals surface area contributed by atoms with Crippen LogP contribution < -0.4 is 0 Å². The van der Waals surface area contributed by atoms with E-state index in [1.165, 1.54) is 12.8 Å². The molecule has 0 spiro atoms. The van der Waals surface area contributed by atoms with Gasteiger partial charge in [0, 0.05) is 10.6 Å². The van der Waals surface area contributed by atoms with E-state index in [9.17, 15) is 5.11 Å². The molecule has 1 aliphatic rings. The first-order valence-electron chi connectivity index (χ1n) is 6.54. The van der Waals surface area contributed by atoms with E-state index in [1.54, 1.807) is 0 Å². The zero-order chi connectivity index (χ0) is 12.5. The van der Waals surface area contributed by atoms with Crippen LogP contribution in [-0.2, 0) is 0 Å². The van der Waals surface area contributed by atoms with Crippen LogP contribution in [0.5, 0.6) is 0 Å². The highest BCUT2D eigenvalue weighted by Crippen LogP contribution is 2.36. The maximum atomic E-state index is 10.4. The Kier molecular flexibility index (Phi) is 3.35. The number of aliphatic hydroxyl groups is 1. The molecule has 2 unspecified atom stereocenters. The molecule has 0 amide bonds. The second-order valence-electron chi connectivity index (χ2n) is 4.99. The van der Waals surface area contributed by atoms with Crippen LogP contribution in [0.2, 0.25) is 0 Å². The van der Waals surface area contributed by atoms with Crippen molar-refractivity contribution >= 4 is 22.7 Å². The van der Waals surface area contributed by atoms with Crippen molar-refractivity contribution < 1.29 is 9.52 Å². The fourth-order valence-electron chi connectivity index (χ4n) is 2.57. The predicted molar refractivity (Wildman–Crippen MR) is 76.0 cm³/mol. The van der Waals surface area contributed by atoms with Crippen LogP contribution in [0.25, 0.3) is 11.0 Å². The molecule has 1 aromatic heterocycles. The first kappa shape index (κ1) is 12.1. The molecule has 0 radical (unpaired) electrons. The van der Waals surface area contributed by atoms with Gasteiger partial charge >= 0.3 is 0 Å². The van der Waals surface area contributed by atoms with Gasteiger partial charge in [0.2, 0.25) is 0 Å². The standard InChI is InChI=1S/C15H18O2S/c1-10-5-4-6-11-9-12(17-15(10)11)14(16)13-7-2-3-8-18-13/h4-6,9,13-14,16H,2-3,7-8H2,1H3. The Morgan fingerprint density at radius 3 is 3.00 bits per heavy atom. The van der Waals surface area contributed by atoms with E-state index >= 15 is 0 Å². The van der Waals surface area contributed by atoms with Crippen LogP contribution >= 0.6 is 11.8 Å². The van der Waals surface area contributed by atoms with Crippen molar-refractivity contribution in [2.45, 2.75) is 37.5 Å². The molecule has 96 valence electrons. The molecule has 18 heavy (non-hydrogen) atoms. The molecule has 2 aromatic rings. The topological polar surface area (TPSA) is 33.4 Å². The number of rotatable bonds is 2. The van der Waals surface area contributed by atoms with Crippen molar-refractivity contribution in [2.24, 2.45) is 0 Å². The van der Waals surface area contributed by atoms with Crippen molar-refractivity contribution in [1.29, 1.82) is 0 Å². The Morgan fingerprint density at radius 1 is 1.39 bits per heavy atom. The maximum Gasteiger partial charge on any atom is 0.137 e. The molecule has 1 N–H and O–H groups in total. The second-order valence-corrected chi connectivity index (χ2v) is 6.34. The lowest BCUT2D eigenvalue weighted by atomic mass is 10.1. The van der Waals surface area contributed by atoms with Gasteiger partial charge < -0.3 is 9.52 Å². The first-order chi connectivity index (χ1) is 8.75. The first-order valence-corrected chi connectivity index (χ1v) is 7.59. The molecule has 3 heteroatoms. The van der Waals surface area contributed by atoms with Gasteiger partial charge in [-0.3, -0.25) is 0 Å². The van der Waals surface area contributed by atoms with Crippen molar-refractivity contribution in [3.63, 3.8) is 0 Å². The Bertz CT molecular complexity index is 540. The van der Waals surface area contributed by atoms with Crippen LogP contribution in [0.3, 0.4) is 0 Å². The lowest BCUT2D eigenvalue weighted by molar-refractivity contribution is 0.144. The molecule has 0 saturated carbocycles. The van der Waals surface area contributed by atoms with Gasteiger partial charge in [-0.15, -0.1) is 0 Å². The highest BCUT2D eigenvalue weighted by Gasteiger charge is 2.26. The van der Waals surface area contributed by atoms with Gasteiger partial charge in [0.25, 0.3) is 0 Å². The monoisotopic (exact) mass is 262 g/mol. The molecule has 0 aliphatic carbocycles. The van der Waals surface area contributed by atoms with Crippen LogP contribution in [-0.4, -0.2) is 16.1 Å². The van der Waals surface area contributed by atoms with E-state index in [4.69, 9.17) is 4.42 Å². The Balaban J connectivity index is 1.91. The molecular formula is C15H18O2S. The minimum Gasteiger partial charge on any atom is -0.458 e. The average molecular weight is 262 g/mol. The van der Waals surface area contributed by atoms with Crippen molar-refractivity contribution in [2.75, 3.05) is 5.75 Å². The van der Waals surface area contributed by atoms with E-state index in [0.717, 1.165) is 34.5 Å². The average Bonchev–Trinajstić information content (AvgIpc) is 2.84. The van der Waals surface area contributed by atoms with E-state index in [2.05, 4.69) is 0 Å².